The molecule has 0 aliphatic carbocycles. The van der Waals surface area contributed by atoms with Gasteiger partial charge in [0.2, 0.25) is 11.8 Å². The van der Waals surface area contributed by atoms with Crippen LogP contribution in [0.25, 0.3) is 0 Å². The van der Waals surface area contributed by atoms with E-state index in [1.165, 1.54) is 0 Å². The molecule has 0 unspecified atom stereocenters. The third-order valence-corrected chi connectivity index (χ3v) is 5.61. The number of carbonyl (C=O) groups excluding carboxylic acids is 3. The molecule has 2 fully saturated rings. The summed E-state index contributed by atoms with van der Waals surface area (Å²) in [7, 11) is 0. The van der Waals surface area contributed by atoms with Gasteiger partial charge in [-0.3, -0.25) is 9.59 Å². The summed E-state index contributed by atoms with van der Waals surface area (Å²) >= 11 is 0. The Kier molecular flexibility index (Phi) is 6.38. The summed E-state index contributed by atoms with van der Waals surface area (Å²) < 4.78 is 0. The molecule has 2 heterocycles. The van der Waals surface area contributed by atoms with Gasteiger partial charge >= 0.3 is 6.03 Å². The summed E-state index contributed by atoms with van der Waals surface area (Å²) in [4.78, 5) is 42.1. The van der Waals surface area contributed by atoms with Crippen molar-refractivity contribution in [2.45, 2.75) is 25.8 Å². The molecule has 3 N–H and O–H groups in total. The minimum Gasteiger partial charge on any atom is -0.369 e. The normalized spacial score (nSPS) is 19.2. The first-order chi connectivity index (χ1) is 13.5. The summed E-state index contributed by atoms with van der Waals surface area (Å²) in [6, 6.07) is 9.34. The predicted molar refractivity (Wildman–Crippen MR) is 107 cm³/mol. The Balaban J connectivity index is 1.44. The molecule has 8 nitrogen and oxygen atoms in total. The lowest BCUT2D eigenvalue weighted by molar-refractivity contribution is -0.136. The number of carbonyl (C=O) groups is 3. The van der Waals surface area contributed by atoms with E-state index in [-0.39, 0.29) is 23.8 Å². The number of amides is 4. The molecule has 3 rings (SSSR count). The second-order valence-electron chi connectivity index (χ2n) is 7.48. The maximum absolute atomic E-state index is 12.6. The lowest BCUT2D eigenvalue weighted by Gasteiger charge is -2.37. The summed E-state index contributed by atoms with van der Waals surface area (Å²) in [5.74, 6) is -0.572. The number of rotatable bonds is 4. The fourth-order valence-electron chi connectivity index (χ4n) is 3.80. The molecule has 0 saturated carbocycles. The van der Waals surface area contributed by atoms with Gasteiger partial charge in [-0.1, -0.05) is 18.2 Å². The zero-order valence-corrected chi connectivity index (χ0v) is 16.3. The van der Waals surface area contributed by atoms with Crippen molar-refractivity contribution in [1.29, 1.82) is 0 Å². The minimum atomic E-state index is -0.593. The number of anilines is 1. The molecule has 1 atom stereocenters. The van der Waals surface area contributed by atoms with E-state index in [2.05, 4.69) is 22.3 Å². The van der Waals surface area contributed by atoms with Gasteiger partial charge in [0, 0.05) is 50.9 Å². The van der Waals surface area contributed by atoms with Gasteiger partial charge in [0.1, 0.15) is 6.04 Å². The van der Waals surface area contributed by atoms with Crippen molar-refractivity contribution in [3.05, 3.63) is 30.3 Å². The Labute approximate surface area is 165 Å². The molecule has 4 amide bonds. The van der Waals surface area contributed by atoms with Gasteiger partial charge < -0.3 is 25.8 Å². The van der Waals surface area contributed by atoms with Crippen LogP contribution in [-0.2, 0) is 9.59 Å². The summed E-state index contributed by atoms with van der Waals surface area (Å²) in [5, 5.41) is 2.82. The van der Waals surface area contributed by atoms with Crippen molar-refractivity contribution in [1.82, 2.24) is 15.1 Å². The van der Waals surface area contributed by atoms with Crippen LogP contribution in [0.15, 0.2) is 30.3 Å². The van der Waals surface area contributed by atoms with Crippen LogP contribution in [-0.4, -0.2) is 73.0 Å². The summed E-state index contributed by atoms with van der Waals surface area (Å²) in [5.41, 5.74) is 6.49. The monoisotopic (exact) mass is 387 g/mol. The van der Waals surface area contributed by atoms with E-state index >= 15 is 0 Å². The topological polar surface area (TPSA) is 99.0 Å². The van der Waals surface area contributed by atoms with Gasteiger partial charge in [-0.05, 0) is 31.9 Å². The number of piperazine rings is 1. The lowest BCUT2D eigenvalue weighted by Crippen LogP contribution is -2.56. The zero-order valence-electron chi connectivity index (χ0n) is 16.3. The average Bonchev–Trinajstić information content (AvgIpc) is 2.74. The number of nitrogens with one attached hydrogen (secondary N) is 1. The van der Waals surface area contributed by atoms with E-state index < -0.39 is 6.04 Å². The number of benzene rings is 1. The molecule has 8 heteroatoms. The fourth-order valence-corrected chi connectivity index (χ4v) is 3.80. The Morgan fingerprint density at radius 2 is 1.57 bits per heavy atom. The van der Waals surface area contributed by atoms with Crippen LogP contribution in [0.1, 0.15) is 19.8 Å². The highest BCUT2D eigenvalue weighted by Gasteiger charge is 2.30. The Bertz CT molecular complexity index is 695. The number of urea groups is 1. The number of hydrogen-bond acceptors (Lipinski definition) is 4. The second kappa shape index (κ2) is 8.95. The van der Waals surface area contributed by atoms with Crippen LogP contribution in [0.2, 0.25) is 0 Å². The van der Waals surface area contributed by atoms with Crippen molar-refractivity contribution in [3.63, 3.8) is 0 Å². The van der Waals surface area contributed by atoms with E-state index in [1.54, 1.807) is 16.7 Å². The molecule has 152 valence electrons. The van der Waals surface area contributed by atoms with Crippen LogP contribution in [0, 0.1) is 5.92 Å². The highest BCUT2D eigenvalue weighted by atomic mass is 16.2. The lowest BCUT2D eigenvalue weighted by atomic mass is 9.96. The molecular weight excluding hydrogens is 358 g/mol. The number of nitrogens with zero attached hydrogens (tertiary/aromatic N) is 3. The third-order valence-electron chi connectivity index (χ3n) is 5.61. The van der Waals surface area contributed by atoms with Gasteiger partial charge in [-0.2, -0.15) is 0 Å². The minimum absolute atomic E-state index is 0.112. The fraction of sp³-hybridized carbons (Fsp3) is 0.550. The van der Waals surface area contributed by atoms with Gasteiger partial charge in [-0.25, -0.2) is 4.79 Å². The van der Waals surface area contributed by atoms with E-state index in [9.17, 15) is 14.4 Å². The van der Waals surface area contributed by atoms with Crippen LogP contribution >= 0.6 is 0 Å². The number of nitrogens with two attached hydrogens (primary N) is 1. The molecule has 2 aliphatic heterocycles. The number of para-hydroxylation sites is 1. The van der Waals surface area contributed by atoms with E-state index in [4.69, 9.17) is 5.73 Å². The molecule has 2 saturated heterocycles. The highest BCUT2D eigenvalue weighted by Crippen LogP contribution is 2.18. The summed E-state index contributed by atoms with van der Waals surface area (Å²) in [6.07, 6.45) is 1.17. The molecule has 0 bridgehead atoms. The van der Waals surface area contributed by atoms with Gasteiger partial charge in [0.25, 0.3) is 0 Å². The van der Waals surface area contributed by atoms with Crippen LogP contribution < -0.4 is 16.0 Å². The molecule has 0 radical (unpaired) electrons. The molecule has 28 heavy (non-hydrogen) atoms. The van der Waals surface area contributed by atoms with E-state index in [0.717, 1.165) is 18.8 Å². The standard InChI is InChI=1S/C20H29N5O3/c1-15(19(27)24-9-7-16(8-10-24)18(21)26)22-20(28)25-13-11-23(12-14-25)17-5-3-2-4-6-17/h2-6,15-16H,7-14H2,1H3,(H2,21,26)(H,22,28)/t15-/m1/s1. The molecular formula is C20H29N5O3. The second-order valence-corrected chi connectivity index (χ2v) is 7.48. The molecule has 0 spiro atoms. The maximum atomic E-state index is 12.6. The van der Waals surface area contributed by atoms with Gasteiger partial charge in [0.05, 0.1) is 0 Å². The summed E-state index contributed by atoms with van der Waals surface area (Å²) in [6.45, 7) is 5.48. The zero-order chi connectivity index (χ0) is 20.1. The van der Waals surface area contributed by atoms with Crippen LogP contribution in [0.4, 0.5) is 10.5 Å². The van der Waals surface area contributed by atoms with Gasteiger partial charge in [-0.15, -0.1) is 0 Å². The number of hydrogen-bond donors (Lipinski definition) is 2. The number of primary amides is 1. The molecule has 0 aromatic heterocycles. The Morgan fingerprint density at radius 1 is 0.964 bits per heavy atom. The Morgan fingerprint density at radius 3 is 2.14 bits per heavy atom. The first-order valence-electron chi connectivity index (χ1n) is 9.89. The van der Waals surface area contributed by atoms with Crippen molar-refractivity contribution in [3.8, 4) is 0 Å². The SMILES string of the molecule is C[C@@H](NC(=O)N1CCN(c2ccccc2)CC1)C(=O)N1CCC(C(N)=O)CC1. The quantitative estimate of drug-likeness (QED) is 0.792. The smallest absolute Gasteiger partial charge is 0.318 e. The van der Waals surface area contributed by atoms with Crippen molar-refractivity contribution < 1.29 is 14.4 Å². The van der Waals surface area contributed by atoms with Crippen molar-refractivity contribution in [2.75, 3.05) is 44.2 Å². The first-order valence-corrected chi connectivity index (χ1v) is 9.89. The van der Waals surface area contributed by atoms with Crippen LogP contribution in [0.5, 0.6) is 0 Å². The first kappa shape index (κ1) is 20.0. The van der Waals surface area contributed by atoms with E-state index in [1.807, 2.05) is 18.2 Å². The molecule has 2 aliphatic rings. The van der Waals surface area contributed by atoms with E-state index in [0.29, 0.717) is 39.0 Å². The predicted octanol–water partition coefficient (Wildman–Crippen LogP) is 0.631. The maximum Gasteiger partial charge on any atom is 0.318 e. The van der Waals surface area contributed by atoms with Crippen molar-refractivity contribution >= 4 is 23.5 Å². The van der Waals surface area contributed by atoms with Crippen molar-refractivity contribution in [2.24, 2.45) is 11.7 Å². The van der Waals surface area contributed by atoms with Crippen LogP contribution in [0.3, 0.4) is 0 Å². The molecule has 1 aromatic rings. The number of piperidine rings is 1. The Hall–Kier alpha value is -2.77. The number of likely N-dealkylation sites (tertiary alicyclic amines) is 1. The molecule has 1 aromatic carbocycles. The van der Waals surface area contributed by atoms with Gasteiger partial charge in [0.15, 0.2) is 0 Å². The highest BCUT2D eigenvalue weighted by molar-refractivity contribution is 5.87. The third kappa shape index (κ3) is 4.74. The largest absolute Gasteiger partial charge is 0.369 e. The average molecular weight is 387 g/mol.